The highest BCUT2D eigenvalue weighted by atomic mass is 16.3. The van der Waals surface area contributed by atoms with Gasteiger partial charge in [-0.05, 0) is 103 Å². The van der Waals surface area contributed by atoms with Gasteiger partial charge in [0.1, 0.15) is 11.2 Å². The van der Waals surface area contributed by atoms with Crippen molar-refractivity contribution in [2.24, 2.45) is 0 Å². The maximum Gasteiger partial charge on any atom is 0.137 e. The second-order valence-electron chi connectivity index (χ2n) is 15.2. The Morgan fingerprint density at radius 3 is 1.74 bits per heavy atom. The van der Waals surface area contributed by atoms with E-state index in [1.165, 1.54) is 65.7 Å². The minimum atomic E-state index is -0.458. The topological polar surface area (TPSA) is 16.4 Å². The van der Waals surface area contributed by atoms with Crippen molar-refractivity contribution in [1.29, 1.82) is 0 Å². The van der Waals surface area contributed by atoms with Gasteiger partial charge in [0.2, 0.25) is 0 Å². The molecule has 1 aromatic heterocycles. The van der Waals surface area contributed by atoms with Gasteiger partial charge >= 0.3 is 0 Å². The molecule has 0 saturated heterocycles. The Bertz CT molecular complexity index is 3290. The molecule has 10 aromatic carbocycles. The molecule has 0 saturated carbocycles. The van der Waals surface area contributed by atoms with Crippen molar-refractivity contribution in [3.8, 4) is 11.1 Å². The fourth-order valence-corrected chi connectivity index (χ4v) is 9.82. The molecule has 1 heterocycles. The van der Waals surface area contributed by atoms with Crippen LogP contribution in [0.25, 0.3) is 65.4 Å². The summed E-state index contributed by atoms with van der Waals surface area (Å²) < 4.78 is 6.40. The monoisotopic (exact) mass is 725 g/mol. The molecule has 11 aromatic rings. The molecule has 2 heteroatoms. The second kappa shape index (κ2) is 12.3. The first-order chi connectivity index (χ1) is 28.3. The predicted molar refractivity (Wildman–Crippen MR) is 238 cm³/mol. The number of nitrogens with zero attached hydrogens (tertiary/aromatic N) is 1. The number of furan rings is 1. The average molecular weight is 726 g/mol. The summed E-state index contributed by atoms with van der Waals surface area (Å²) in [4.78, 5) is 2.36. The summed E-state index contributed by atoms with van der Waals surface area (Å²) in [5.41, 5.74) is 12.1. The number of rotatable bonds is 6. The zero-order valence-electron chi connectivity index (χ0n) is 31.1. The third-order valence-corrected chi connectivity index (χ3v) is 12.3. The van der Waals surface area contributed by atoms with Crippen LogP contribution in [0.3, 0.4) is 0 Å². The van der Waals surface area contributed by atoms with Crippen molar-refractivity contribution in [2.45, 2.75) is 5.41 Å². The van der Waals surface area contributed by atoms with Gasteiger partial charge in [0.25, 0.3) is 0 Å². The van der Waals surface area contributed by atoms with Crippen LogP contribution in [-0.4, -0.2) is 0 Å². The van der Waals surface area contributed by atoms with Gasteiger partial charge in [-0.3, -0.25) is 0 Å². The molecule has 266 valence electrons. The van der Waals surface area contributed by atoms with Crippen LogP contribution in [0, 0.1) is 0 Å². The molecule has 12 rings (SSSR count). The van der Waals surface area contributed by atoms with Crippen LogP contribution in [0.4, 0.5) is 17.1 Å². The fraction of sp³-hybridized carbons (Fsp3) is 0.0182. The van der Waals surface area contributed by atoms with Crippen LogP contribution in [0.15, 0.2) is 217 Å². The Kier molecular flexibility index (Phi) is 6.88. The van der Waals surface area contributed by atoms with E-state index in [1.54, 1.807) is 0 Å². The van der Waals surface area contributed by atoms with Crippen molar-refractivity contribution >= 4 is 71.3 Å². The Morgan fingerprint density at radius 1 is 0.351 bits per heavy atom. The summed E-state index contributed by atoms with van der Waals surface area (Å²) in [5.74, 6) is 0. The quantitative estimate of drug-likeness (QED) is 0.159. The van der Waals surface area contributed by atoms with Gasteiger partial charge in [-0.2, -0.15) is 0 Å². The van der Waals surface area contributed by atoms with Crippen molar-refractivity contribution < 1.29 is 4.42 Å². The van der Waals surface area contributed by atoms with Crippen molar-refractivity contribution in [1.82, 2.24) is 0 Å². The van der Waals surface area contributed by atoms with Crippen LogP contribution in [-0.2, 0) is 5.41 Å². The van der Waals surface area contributed by atoms with E-state index in [9.17, 15) is 0 Å². The SMILES string of the molecule is c1ccc(C2(c3cccc(-c4ccc(N(c5ccc6c(c5)oc5ccccc56)c5cccc6ccccc56)cc4)c3)c3cccc4ccc5cccc2c5c34)cc1. The van der Waals surface area contributed by atoms with E-state index in [-0.39, 0.29) is 0 Å². The maximum absolute atomic E-state index is 6.40. The normalized spacial score (nSPS) is 13.1. The smallest absolute Gasteiger partial charge is 0.137 e. The molecule has 0 bridgehead atoms. The van der Waals surface area contributed by atoms with Crippen molar-refractivity contribution in [3.05, 3.63) is 235 Å². The molecule has 0 aliphatic heterocycles. The molecule has 1 aliphatic carbocycles. The predicted octanol–water partition coefficient (Wildman–Crippen LogP) is 14.9. The van der Waals surface area contributed by atoms with Crippen molar-refractivity contribution in [3.63, 3.8) is 0 Å². The lowest BCUT2D eigenvalue weighted by atomic mass is 9.67. The summed E-state index contributed by atoms with van der Waals surface area (Å²) in [7, 11) is 0. The molecular formula is C55H35NO. The first-order valence-corrected chi connectivity index (χ1v) is 19.7. The number of benzene rings is 10. The summed E-state index contributed by atoms with van der Waals surface area (Å²) in [5, 5.41) is 9.93. The Hall–Kier alpha value is -7.42. The van der Waals surface area contributed by atoms with E-state index in [0.29, 0.717) is 0 Å². The second-order valence-corrected chi connectivity index (χ2v) is 15.2. The highest BCUT2D eigenvalue weighted by molar-refractivity contribution is 6.16. The first kappa shape index (κ1) is 31.9. The molecule has 0 fully saturated rings. The molecule has 0 atom stereocenters. The molecule has 0 radical (unpaired) electrons. The third kappa shape index (κ3) is 4.65. The van der Waals surface area contributed by atoms with Gasteiger partial charge in [-0.1, -0.05) is 164 Å². The Balaban J connectivity index is 1.01. The maximum atomic E-state index is 6.40. The molecular weight excluding hydrogens is 691 g/mol. The average Bonchev–Trinajstić information content (AvgIpc) is 3.81. The molecule has 1 aliphatic rings. The van der Waals surface area contributed by atoms with Gasteiger partial charge in [-0.25, -0.2) is 0 Å². The number of hydrogen-bond acceptors (Lipinski definition) is 2. The van der Waals surface area contributed by atoms with E-state index in [0.717, 1.165) is 39.0 Å². The summed E-state index contributed by atoms with van der Waals surface area (Å²) in [6, 6.07) is 77.6. The number of para-hydroxylation sites is 1. The van der Waals surface area contributed by atoms with Crippen molar-refractivity contribution in [2.75, 3.05) is 4.90 Å². The summed E-state index contributed by atoms with van der Waals surface area (Å²) in [6.45, 7) is 0. The number of fused-ring (bicyclic) bond motifs is 4. The third-order valence-electron chi connectivity index (χ3n) is 12.3. The van der Waals surface area contributed by atoms with Gasteiger partial charge < -0.3 is 9.32 Å². The largest absolute Gasteiger partial charge is 0.456 e. The highest BCUT2D eigenvalue weighted by Crippen LogP contribution is 2.56. The zero-order chi connectivity index (χ0) is 37.5. The molecule has 2 nitrogen and oxygen atoms in total. The minimum absolute atomic E-state index is 0.458. The van der Waals surface area contributed by atoms with Crippen LogP contribution in [0.2, 0.25) is 0 Å². The van der Waals surface area contributed by atoms with E-state index in [4.69, 9.17) is 4.42 Å². The zero-order valence-corrected chi connectivity index (χ0v) is 31.1. The van der Waals surface area contributed by atoms with Crippen LogP contribution in [0.1, 0.15) is 22.3 Å². The van der Waals surface area contributed by atoms with E-state index in [2.05, 4.69) is 205 Å². The summed E-state index contributed by atoms with van der Waals surface area (Å²) >= 11 is 0. The Labute approximate surface area is 330 Å². The van der Waals surface area contributed by atoms with E-state index < -0.39 is 5.41 Å². The van der Waals surface area contributed by atoms with Crippen LogP contribution >= 0.6 is 0 Å². The molecule has 0 amide bonds. The summed E-state index contributed by atoms with van der Waals surface area (Å²) in [6.07, 6.45) is 0. The molecule has 0 N–H and O–H groups in total. The van der Waals surface area contributed by atoms with Gasteiger partial charge in [-0.15, -0.1) is 0 Å². The highest BCUT2D eigenvalue weighted by Gasteiger charge is 2.44. The fourth-order valence-electron chi connectivity index (χ4n) is 9.82. The van der Waals surface area contributed by atoms with Gasteiger partial charge in [0.15, 0.2) is 0 Å². The lowest BCUT2D eigenvalue weighted by molar-refractivity contribution is 0.669. The molecule has 0 spiro atoms. The van der Waals surface area contributed by atoms with E-state index >= 15 is 0 Å². The van der Waals surface area contributed by atoms with Gasteiger partial charge in [0, 0.05) is 33.6 Å². The number of anilines is 3. The molecule has 57 heavy (non-hydrogen) atoms. The van der Waals surface area contributed by atoms with Gasteiger partial charge in [0.05, 0.1) is 11.1 Å². The first-order valence-electron chi connectivity index (χ1n) is 19.7. The van der Waals surface area contributed by atoms with Crippen LogP contribution in [0.5, 0.6) is 0 Å². The van der Waals surface area contributed by atoms with E-state index in [1.807, 2.05) is 12.1 Å². The standard InChI is InChI=1S/C55H35NO/c1-2-17-41(18-3-1)55(48-22-9-14-38-26-27-39-15-10-23-49(55)54(39)53(38)48)42-19-8-16-40(34-42)36-28-30-43(31-29-36)56(50-24-11-13-37-12-4-5-20-45(37)50)44-32-33-47-46-21-6-7-25-51(46)57-52(47)35-44/h1-35H. The number of hydrogen-bond donors (Lipinski definition) is 0. The van der Waals surface area contributed by atoms with Crippen LogP contribution < -0.4 is 4.90 Å². The molecule has 0 unspecified atom stereocenters. The minimum Gasteiger partial charge on any atom is -0.456 e. The lowest BCUT2D eigenvalue weighted by Crippen LogP contribution is -2.28. The lowest BCUT2D eigenvalue weighted by Gasteiger charge is -2.34. The Morgan fingerprint density at radius 2 is 0.947 bits per heavy atom.